The highest BCUT2D eigenvalue weighted by atomic mass is 32.3. The molecule has 2 bridgehead atoms. The second-order valence-electron chi connectivity index (χ2n) is 7.46. The predicted octanol–water partition coefficient (Wildman–Crippen LogP) is -0.109. The van der Waals surface area contributed by atoms with Crippen LogP contribution in [-0.4, -0.2) is 75.4 Å². The van der Waals surface area contributed by atoms with Gasteiger partial charge in [0.05, 0.1) is 11.6 Å². The number of aromatic hydroxyl groups is 2. The van der Waals surface area contributed by atoms with Gasteiger partial charge >= 0.3 is 10.4 Å². The fourth-order valence-corrected chi connectivity index (χ4v) is 5.17. The minimum Gasteiger partial charge on any atom is -0.507 e. The van der Waals surface area contributed by atoms with Crippen molar-refractivity contribution in [2.75, 3.05) is 13.6 Å². The summed E-state index contributed by atoms with van der Waals surface area (Å²) < 4.78 is 37.5. The number of aliphatic hydroxyl groups excluding tert-OH is 1. The molecule has 1 aromatic rings. The number of Topliss-reactive ketones (excluding diaryl/α,β-unsaturated/α-hetero) is 1. The molecule has 11 heteroatoms. The molecule has 10 nitrogen and oxygen atoms in total. The number of likely N-dealkylation sites (tertiary alicyclic amines) is 1. The third-order valence-corrected chi connectivity index (χ3v) is 6.09. The normalized spacial score (nSPS) is 34.9. The van der Waals surface area contributed by atoms with E-state index in [0.29, 0.717) is 18.5 Å². The van der Waals surface area contributed by atoms with E-state index >= 15 is 0 Å². The molecule has 4 aliphatic rings. The van der Waals surface area contributed by atoms with E-state index in [-0.39, 0.29) is 40.6 Å². The largest absolute Gasteiger partial charge is 0.507 e. The minimum absolute atomic E-state index is 0.128. The number of hydrogen-bond acceptors (Lipinski definition) is 8. The first-order chi connectivity index (χ1) is 13.0. The SMILES string of the molecule is CN1CC[C@@]23c4c5c(O)cc(O)c4C(=O)[C@@H]1[C@@H]2C=C[C@H](O)[C@@H]3O5.O=S(=O)(O)O. The highest BCUT2D eigenvalue weighted by molar-refractivity contribution is 7.79. The number of phenols is 2. The summed E-state index contributed by atoms with van der Waals surface area (Å²) in [4.78, 5) is 15.0. The van der Waals surface area contributed by atoms with Gasteiger partial charge in [0.15, 0.2) is 17.3 Å². The van der Waals surface area contributed by atoms with Crippen LogP contribution in [0.2, 0.25) is 0 Å². The zero-order chi connectivity index (χ0) is 20.6. The Hall–Kier alpha value is -2.18. The fraction of sp³-hybridized carbons (Fsp3) is 0.471. The Morgan fingerprint density at radius 1 is 1.21 bits per heavy atom. The average Bonchev–Trinajstić information content (AvgIpc) is 2.90. The van der Waals surface area contributed by atoms with Gasteiger partial charge in [-0.3, -0.25) is 18.8 Å². The summed E-state index contributed by atoms with van der Waals surface area (Å²) in [5.74, 6) is -0.422. The molecule has 2 aliphatic carbocycles. The van der Waals surface area contributed by atoms with Crippen LogP contribution in [-0.2, 0) is 15.8 Å². The topological polar surface area (TPSA) is 165 Å². The fourth-order valence-electron chi connectivity index (χ4n) is 5.17. The molecule has 1 spiro atoms. The van der Waals surface area contributed by atoms with Crippen molar-refractivity contribution in [3.63, 3.8) is 0 Å². The number of benzene rings is 1. The molecule has 1 aromatic carbocycles. The summed E-state index contributed by atoms with van der Waals surface area (Å²) in [5.41, 5.74) is 0.263. The Kier molecular flexibility index (Phi) is 4.04. The highest BCUT2D eigenvalue weighted by Gasteiger charge is 2.66. The van der Waals surface area contributed by atoms with Gasteiger partial charge in [0.2, 0.25) is 0 Å². The minimum atomic E-state index is -4.67. The summed E-state index contributed by atoms with van der Waals surface area (Å²) in [6.07, 6.45) is 2.95. The molecule has 0 saturated carbocycles. The zero-order valence-corrected chi connectivity index (χ0v) is 15.5. The number of carbonyl (C=O) groups is 1. The van der Waals surface area contributed by atoms with Crippen molar-refractivity contribution in [1.82, 2.24) is 4.90 Å². The number of aliphatic hydroxyl groups is 1. The van der Waals surface area contributed by atoms with E-state index in [1.54, 1.807) is 6.08 Å². The molecule has 0 unspecified atom stereocenters. The Morgan fingerprint density at radius 2 is 1.86 bits per heavy atom. The second kappa shape index (κ2) is 5.91. The molecule has 0 radical (unpaired) electrons. The maximum Gasteiger partial charge on any atom is 0.394 e. The van der Waals surface area contributed by atoms with Crippen LogP contribution in [0, 0.1) is 5.92 Å². The van der Waals surface area contributed by atoms with Gasteiger partial charge in [0.1, 0.15) is 18.0 Å². The molecule has 1 fully saturated rings. The Morgan fingerprint density at radius 3 is 2.50 bits per heavy atom. The summed E-state index contributed by atoms with van der Waals surface area (Å²) in [7, 11) is -2.76. The van der Waals surface area contributed by atoms with Crippen molar-refractivity contribution in [2.24, 2.45) is 5.92 Å². The van der Waals surface area contributed by atoms with Crippen LogP contribution in [0.1, 0.15) is 22.3 Å². The standard InChI is InChI=1S/C17H17NO5.H2O4S/c1-18-5-4-17-7-2-3-8(19)16(17)23-15-10(21)6-9(20)11(12(15)17)14(22)13(7)18;1-5(2,3)4/h2-3,6-8,13,16,19-21H,4-5H2,1H3;(H2,1,2,3,4)/t7-,8-,13-,16-,17-;/m0./s1. The van der Waals surface area contributed by atoms with Gasteiger partial charge in [-0.1, -0.05) is 12.2 Å². The van der Waals surface area contributed by atoms with E-state index in [1.165, 1.54) is 0 Å². The lowest BCUT2D eigenvalue weighted by Crippen LogP contribution is -2.66. The van der Waals surface area contributed by atoms with E-state index in [4.69, 9.17) is 22.3 Å². The van der Waals surface area contributed by atoms with Gasteiger partial charge < -0.3 is 20.1 Å². The van der Waals surface area contributed by atoms with Crippen LogP contribution in [0.4, 0.5) is 0 Å². The molecule has 28 heavy (non-hydrogen) atoms. The van der Waals surface area contributed by atoms with Gasteiger partial charge in [-0.2, -0.15) is 8.42 Å². The van der Waals surface area contributed by atoms with Crippen molar-refractivity contribution in [1.29, 1.82) is 0 Å². The molecule has 2 aliphatic heterocycles. The van der Waals surface area contributed by atoms with Crippen molar-refractivity contribution in [3.05, 3.63) is 29.3 Å². The number of phenolic OH excluding ortho intramolecular Hbond substituents is 2. The maximum absolute atomic E-state index is 13.0. The second-order valence-corrected chi connectivity index (χ2v) is 8.36. The number of nitrogens with zero attached hydrogens (tertiary/aromatic N) is 1. The Labute approximate surface area is 160 Å². The lowest BCUT2D eigenvalue weighted by Gasteiger charge is -2.55. The Bertz CT molecular complexity index is 996. The molecular weight excluding hydrogens is 394 g/mol. The number of piperidine rings is 1. The van der Waals surface area contributed by atoms with Gasteiger partial charge in [-0.25, -0.2) is 0 Å². The lowest BCUT2D eigenvalue weighted by molar-refractivity contribution is -0.0387. The molecule has 2 heterocycles. The molecule has 1 saturated heterocycles. The number of carbonyl (C=O) groups excluding carboxylic acids is 1. The first kappa shape index (κ1) is 19.2. The monoisotopic (exact) mass is 413 g/mol. The number of ether oxygens (including phenoxy) is 1. The van der Waals surface area contributed by atoms with Crippen molar-refractivity contribution < 1.29 is 42.4 Å². The van der Waals surface area contributed by atoms with Gasteiger partial charge in [-0.05, 0) is 20.0 Å². The first-order valence-electron chi connectivity index (χ1n) is 8.53. The van der Waals surface area contributed by atoms with Gasteiger partial charge in [0, 0.05) is 23.0 Å². The molecule has 0 aromatic heterocycles. The summed E-state index contributed by atoms with van der Waals surface area (Å²) in [5, 5.41) is 30.9. The van der Waals surface area contributed by atoms with Crippen LogP contribution in [0.25, 0.3) is 0 Å². The van der Waals surface area contributed by atoms with Crippen LogP contribution < -0.4 is 4.74 Å². The van der Waals surface area contributed by atoms with Gasteiger partial charge in [0.25, 0.3) is 0 Å². The lowest BCUT2D eigenvalue weighted by atomic mass is 9.53. The highest BCUT2D eigenvalue weighted by Crippen LogP contribution is 2.63. The van der Waals surface area contributed by atoms with Crippen molar-refractivity contribution in [2.45, 2.75) is 30.1 Å². The molecule has 5 N–H and O–H groups in total. The maximum atomic E-state index is 13.0. The number of likely N-dealkylation sites (N-methyl/N-ethyl adjacent to an activating group) is 1. The summed E-state index contributed by atoms with van der Waals surface area (Å²) >= 11 is 0. The summed E-state index contributed by atoms with van der Waals surface area (Å²) in [6, 6.07) is 0.781. The van der Waals surface area contributed by atoms with Crippen molar-refractivity contribution >= 4 is 16.2 Å². The quantitative estimate of drug-likeness (QED) is 0.286. The zero-order valence-electron chi connectivity index (χ0n) is 14.7. The smallest absolute Gasteiger partial charge is 0.394 e. The van der Waals surface area contributed by atoms with Crippen LogP contribution in [0.3, 0.4) is 0 Å². The number of hydrogen-bond donors (Lipinski definition) is 5. The van der Waals surface area contributed by atoms with E-state index in [2.05, 4.69) is 0 Å². The average molecular weight is 413 g/mol. The van der Waals surface area contributed by atoms with E-state index in [0.717, 1.165) is 6.07 Å². The summed E-state index contributed by atoms with van der Waals surface area (Å²) in [6.45, 7) is 0.697. The molecule has 5 rings (SSSR count). The van der Waals surface area contributed by atoms with E-state index in [9.17, 15) is 20.1 Å². The first-order valence-corrected chi connectivity index (χ1v) is 9.93. The molecule has 0 amide bonds. The molecular formula is C17H19NO9S. The van der Waals surface area contributed by atoms with E-state index in [1.807, 2.05) is 18.0 Å². The van der Waals surface area contributed by atoms with Crippen LogP contribution in [0.15, 0.2) is 18.2 Å². The molecule has 5 atom stereocenters. The Balaban J connectivity index is 0.000000346. The number of rotatable bonds is 0. The van der Waals surface area contributed by atoms with Crippen molar-refractivity contribution in [3.8, 4) is 17.2 Å². The van der Waals surface area contributed by atoms with E-state index < -0.39 is 28.0 Å². The van der Waals surface area contributed by atoms with Gasteiger partial charge in [-0.15, -0.1) is 0 Å². The van der Waals surface area contributed by atoms with Crippen LogP contribution in [0.5, 0.6) is 17.2 Å². The third kappa shape index (κ3) is 2.47. The number of ketones is 1. The predicted molar refractivity (Wildman–Crippen MR) is 94.0 cm³/mol. The molecule has 152 valence electrons. The van der Waals surface area contributed by atoms with Crippen LogP contribution >= 0.6 is 0 Å². The third-order valence-electron chi connectivity index (χ3n) is 6.09.